The first-order valence-corrected chi connectivity index (χ1v) is 8.11. The SMILES string of the molecule is CCCc1nc2c(Br)cc(Br)cc2c(C(=O)O)c1CC. The van der Waals surface area contributed by atoms with Gasteiger partial charge in [-0.2, -0.15) is 0 Å². The quantitative estimate of drug-likeness (QED) is 0.787. The number of hydrogen-bond acceptors (Lipinski definition) is 2. The molecule has 0 atom stereocenters. The number of hydrogen-bond donors (Lipinski definition) is 1. The first-order chi connectivity index (χ1) is 9.49. The Morgan fingerprint density at radius 1 is 1.30 bits per heavy atom. The predicted octanol–water partition coefficient (Wildman–Crippen LogP) is 4.97. The molecule has 0 aliphatic carbocycles. The summed E-state index contributed by atoms with van der Waals surface area (Å²) in [6.07, 6.45) is 2.41. The van der Waals surface area contributed by atoms with Crippen molar-refractivity contribution in [3.63, 3.8) is 0 Å². The van der Waals surface area contributed by atoms with Gasteiger partial charge >= 0.3 is 5.97 Å². The molecule has 106 valence electrons. The van der Waals surface area contributed by atoms with Crippen molar-refractivity contribution >= 4 is 48.7 Å². The minimum atomic E-state index is -0.892. The van der Waals surface area contributed by atoms with Crippen LogP contribution in [0.15, 0.2) is 21.1 Å². The van der Waals surface area contributed by atoms with Crippen molar-refractivity contribution in [3.05, 3.63) is 37.9 Å². The van der Waals surface area contributed by atoms with Crippen molar-refractivity contribution < 1.29 is 9.90 Å². The number of fused-ring (bicyclic) bond motifs is 1. The summed E-state index contributed by atoms with van der Waals surface area (Å²) in [6.45, 7) is 4.05. The zero-order valence-electron chi connectivity index (χ0n) is 11.3. The predicted molar refractivity (Wildman–Crippen MR) is 87.5 cm³/mol. The van der Waals surface area contributed by atoms with Gasteiger partial charge in [-0.25, -0.2) is 4.79 Å². The van der Waals surface area contributed by atoms with E-state index in [1.165, 1.54) is 0 Å². The monoisotopic (exact) mass is 399 g/mol. The van der Waals surface area contributed by atoms with Crippen LogP contribution in [0.2, 0.25) is 0 Å². The topological polar surface area (TPSA) is 50.2 Å². The molecule has 0 aliphatic rings. The number of carboxylic acids is 1. The van der Waals surface area contributed by atoms with Gasteiger partial charge in [-0.15, -0.1) is 0 Å². The number of aromatic carboxylic acids is 1. The summed E-state index contributed by atoms with van der Waals surface area (Å²) in [6, 6.07) is 3.72. The first-order valence-electron chi connectivity index (χ1n) is 6.53. The third-order valence-electron chi connectivity index (χ3n) is 3.25. The van der Waals surface area contributed by atoms with Crippen LogP contribution in [0.25, 0.3) is 10.9 Å². The van der Waals surface area contributed by atoms with Crippen molar-refractivity contribution in [1.29, 1.82) is 0 Å². The zero-order chi connectivity index (χ0) is 14.9. The third-order valence-corrected chi connectivity index (χ3v) is 4.31. The minimum absolute atomic E-state index is 0.378. The molecule has 2 rings (SSSR count). The van der Waals surface area contributed by atoms with Crippen LogP contribution in [0.1, 0.15) is 41.9 Å². The fourth-order valence-corrected chi connectivity index (χ4v) is 3.76. The summed E-state index contributed by atoms with van der Waals surface area (Å²) in [5.74, 6) is -0.892. The molecule has 0 saturated heterocycles. The average Bonchev–Trinajstić information content (AvgIpc) is 2.38. The Hall–Kier alpha value is -0.940. The van der Waals surface area contributed by atoms with E-state index in [-0.39, 0.29) is 0 Å². The number of nitrogens with zero attached hydrogens (tertiary/aromatic N) is 1. The Morgan fingerprint density at radius 2 is 2.00 bits per heavy atom. The molecule has 0 unspecified atom stereocenters. The molecule has 0 saturated carbocycles. The van der Waals surface area contributed by atoms with Crippen molar-refractivity contribution in [2.45, 2.75) is 33.1 Å². The molecular weight excluding hydrogens is 386 g/mol. The van der Waals surface area contributed by atoms with Crippen molar-refractivity contribution in [2.24, 2.45) is 0 Å². The number of carboxylic acid groups (broad SMARTS) is 1. The van der Waals surface area contributed by atoms with Crippen molar-refractivity contribution in [2.75, 3.05) is 0 Å². The Labute approximate surface area is 134 Å². The van der Waals surface area contributed by atoms with Crippen LogP contribution in [0, 0.1) is 0 Å². The van der Waals surface area contributed by atoms with E-state index in [1.807, 2.05) is 19.1 Å². The van der Waals surface area contributed by atoms with E-state index in [1.54, 1.807) is 0 Å². The molecule has 0 spiro atoms. The second-order valence-electron chi connectivity index (χ2n) is 4.60. The number of aromatic nitrogens is 1. The number of halogens is 2. The standard InChI is InChI=1S/C15H15Br2NO2/c1-3-5-12-9(4-2)13(15(19)20)10-6-8(16)7-11(17)14(10)18-12/h6-7H,3-5H2,1-2H3,(H,19,20). The van der Waals surface area contributed by atoms with Gasteiger partial charge in [0.2, 0.25) is 0 Å². The fraction of sp³-hybridized carbons (Fsp3) is 0.333. The second kappa shape index (κ2) is 6.22. The summed E-state index contributed by atoms with van der Waals surface area (Å²) in [7, 11) is 0. The lowest BCUT2D eigenvalue weighted by molar-refractivity contribution is 0.0697. The second-order valence-corrected chi connectivity index (χ2v) is 6.37. The van der Waals surface area contributed by atoms with E-state index in [0.717, 1.165) is 33.0 Å². The molecule has 2 aromatic rings. The van der Waals surface area contributed by atoms with E-state index in [0.29, 0.717) is 22.9 Å². The first kappa shape index (κ1) is 15.4. The van der Waals surface area contributed by atoms with Crippen LogP contribution in [0.4, 0.5) is 0 Å². The molecule has 20 heavy (non-hydrogen) atoms. The molecule has 3 nitrogen and oxygen atoms in total. The number of pyridine rings is 1. The van der Waals surface area contributed by atoms with Gasteiger partial charge in [-0.3, -0.25) is 4.98 Å². The fourth-order valence-electron chi connectivity index (χ4n) is 2.45. The molecule has 0 aliphatic heterocycles. The molecule has 1 N–H and O–H groups in total. The van der Waals surface area contributed by atoms with Gasteiger partial charge in [0.05, 0.1) is 11.1 Å². The van der Waals surface area contributed by atoms with Gasteiger partial charge in [0.15, 0.2) is 0 Å². The molecule has 0 radical (unpaired) electrons. The maximum absolute atomic E-state index is 11.7. The molecule has 1 aromatic heterocycles. The molecular formula is C15H15Br2NO2. The van der Waals surface area contributed by atoms with Crippen LogP contribution in [-0.2, 0) is 12.8 Å². The molecule has 0 amide bonds. The zero-order valence-corrected chi connectivity index (χ0v) is 14.5. The molecule has 1 aromatic carbocycles. The van der Waals surface area contributed by atoms with Crippen molar-refractivity contribution in [1.82, 2.24) is 4.98 Å². The minimum Gasteiger partial charge on any atom is -0.478 e. The maximum atomic E-state index is 11.7. The third kappa shape index (κ3) is 2.74. The Kier molecular flexibility index (Phi) is 4.81. The molecule has 0 bridgehead atoms. The Balaban J connectivity index is 2.94. The van der Waals surface area contributed by atoms with Gasteiger partial charge in [0, 0.05) is 20.0 Å². The highest BCUT2D eigenvalue weighted by Gasteiger charge is 2.20. The lowest BCUT2D eigenvalue weighted by Crippen LogP contribution is -2.09. The number of rotatable bonds is 4. The van der Waals surface area contributed by atoms with E-state index >= 15 is 0 Å². The van der Waals surface area contributed by atoms with Gasteiger partial charge in [0.1, 0.15) is 0 Å². The Bertz CT molecular complexity index is 683. The molecule has 1 heterocycles. The summed E-state index contributed by atoms with van der Waals surface area (Å²) in [4.78, 5) is 16.4. The van der Waals surface area contributed by atoms with E-state index in [9.17, 15) is 9.90 Å². The maximum Gasteiger partial charge on any atom is 0.336 e. The summed E-state index contributed by atoms with van der Waals surface area (Å²) >= 11 is 6.89. The smallest absolute Gasteiger partial charge is 0.336 e. The lowest BCUT2D eigenvalue weighted by Gasteiger charge is -2.14. The van der Waals surface area contributed by atoms with E-state index < -0.39 is 5.97 Å². The number of aryl methyl sites for hydroxylation is 1. The van der Waals surface area contributed by atoms with Crippen LogP contribution in [0.5, 0.6) is 0 Å². The largest absolute Gasteiger partial charge is 0.478 e. The van der Waals surface area contributed by atoms with E-state index in [2.05, 4.69) is 43.8 Å². The van der Waals surface area contributed by atoms with Gasteiger partial charge < -0.3 is 5.11 Å². The van der Waals surface area contributed by atoms with Gasteiger partial charge in [0.25, 0.3) is 0 Å². The summed E-state index contributed by atoms with van der Waals surface area (Å²) < 4.78 is 1.65. The number of benzene rings is 1. The van der Waals surface area contributed by atoms with Gasteiger partial charge in [-0.1, -0.05) is 36.2 Å². The van der Waals surface area contributed by atoms with E-state index in [4.69, 9.17) is 0 Å². The Morgan fingerprint density at radius 3 is 2.55 bits per heavy atom. The van der Waals surface area contributed by atoms with Gasteiger partial charge in [-0.05, 0) is 46.5 Å². The highest BCUT2D eigenvalue weighted by molar-refractivity contribution is 9.11. The average molecular weight is 401 g/mol. The highest BCUT2D eigenvalue weighted by Crippen LogP contribution is 2.32. The molecule has 5 heteroatoms. The van der Waals surface area contributed by atoms with Crippen LogP contribution in [-0.4, -0.2) is 16.1 Å². The van der Waals surface area contributed by atoms with Crippen LogP contribution >= 0.6 is 31.9 Å². The van der Waals surface area contributed by atoms with Crippen LogP contribution < -0.4 is 0 Å². The summed E-state index contributed by atoms with van der Waals surface area (Å²) in [5.41, 5.74) is 2.83. The lowest BCUT2D eigenvalue weighted by atomic mass is 9.96. The van der Waals surface area contributed by atoms with Crippen molar-refractivity contribution in [3.8, 4) is 0 Å². The van der Waals surface area contributed by atoms with Crippen LogP contribution in [0.3, 0.4) is 0 Å². The number of carbonyl (C=O) groups is 1. The normalized spacial score (nSPS) is 11.0. The highest BCUT2D eigenvalue weighted by atomic mass is 79.9. The summed E-state index contributed by atoms with van der Waals surface area (Å²) in [5, 5.41) is 10.3. The molecule has 0 fully saturated rings.